The number of benzene rings is 1. The molecule has 3 rings (SSSR count). The highest BCUT2D eigenvalue weighted by Crippen LogP contribution is 2.30. The van der Waals surface area contributed by atoms with E-state index in [0.717, 1.165) is 43.6 Å². The fourth-order valence-electron chi connectivity index (χ4n) is 3.32. The molecule has 1 heterocycles. The Morgan fingerprint density at radius 1 is 1.23 bits per heavy atom. The number of aromatic nitrogens is 2. The largest absolute Gasteiger partial charge is 0.396 e. The highest BCUT2D eigenvalue weighted by molar-refractivity contribution is 5.56. The molecule has 1 fully saturated rings. The van der Waals surface area contributed by atoms with Crippen molar-refractivity contribution in [2.75, 3.05) is 6.61 Å². The Balaban J connectivity index is 1.74. The predicted octanol–water partition coefficient (Wildman–Crippen LogP) is 3.80. The second-order valence-electron chi connectivity index (χ2n) is 6.44. The molecule has 1 N–H and O–H groups in total. The average Bonchev–Trinajstić information content (AvgIpc) is 2.99. The Bertz CT molecular complexity index is 630. The molecular weight excluding hydrogens is 279 g/mol. The minimum Gasteiger partial charge on any atom is -0.396 e. The Morgan fingerprint density at radius 2 is 1.95 bits per heavy atom. The summed E-state index contributed by atoms with van der Waals surface area (Å²) in [6.45, 7) is 3.00. The molecule has 1 aliphatic carbocycles. The van der Waals surface area contributed by atoms with Crippen LogP contribution < -0.4 is 0 Å². The summed E-state index contributed by atoms with van der Waals surface area (Å²) in [5, 5.41) is 9.22. The zero-order chi connectivity index (χ0) is 15.5. The van der Waals surface area contributed by atoms with Gasteiger partial charge in [0.2, 0.25) is 0 Å². The van der Waals surface area contributed by atoms with E-state index in [1.54, 1.807) is 25.3 Å². The van der Waals surface area contributed by atoms with Crippen LogP contribution in [0.4, 0.5) is 4.39 Å². The van der Waals surface area contributed by atoms with E-state index in [9.17, 15) is 9.50 Å². The first-order valence-electron chi connectivity index (χ1n) is 8.06. The lowest BCUT2D eigenvalue weighted by atomic mass is 9.82. The molecule has 0 saturated heterocycles. The number of imidazole rings is 1. The molecule has 118 valence electrons. The first-order chi connectivity index (χ1) is 10.7. The zero-order valence-corrected chi connectivity index (χ0v) is 13.0. The van der Waals surface area contributed by atoms with Crippen LogP contribution in [0.3, 0.4) is 0 Å². The average molecular weight is 302 g/mol. The van der Waals surface area contributed by atoms with Gasteiger partial charge in [-0.05, 0) is 56.1 Å². The maximum Gasteiger partial charge on any atom is 0.139 e. The van der Waals surface area contributed by atoms with E-state index >= 15 is 0 Å². The van der Waals surface area contributed by atoms with E-state index < -0.39 is 0 Å². The maximum atomic E-state index is 13.8. The SMILES string of the molecule is Cc1ccc(-c2nccn2CC2CCC(CO)CC2)cc1F. The van der Waals surface area contributed by atoms with Gasteiger partial charge in [-0.1, -0.05) is 12.1 Å². The van der Waals surface area contributed by atoms with Gasteiger partial charge in [0.25, 0.3) is 0 Å². The van der Waals surface area contributed by atoms with E-state index in [0.29, 0.717) is 24.0 Å². The van der Waals surface area contributed by atoms with Crippen LogP contribution >= 0.6 is 0 Å². The van der Waals surface area contributed by atoms with Crippen LogP contribution in [0.15, 0.2) is 30.6 Å². The van der Waals surface area contributed by atoms with Crippen LogP contribution in [0.25, 0.3) is 11.4 Å². The first kappa shape index (κ1) is 15.2. The fourth-order valence-corrected chi connectivity index (χ4v) is 3.32. The molecule has 0 bridgehead atoms. The summed E-state index contributed by atoms with van der Waals surface area (Å²) < 4.78 is 15.9. The normalized spacial score (nSPS) is 22.0. The van der Waals surface area contributed by atoms with Crippen molar-refractivity contribution in [1.29, 1.82) is 0 Å². The second-order valence-corrected chi connectivity index (χ2v) is 6.44. The lowest BCUT2D eigenvalue weighted by molar-refractivity contribution is 0.161. The van der Waals surface area contributed by atoms with Gasteiger partial charge in [0.1, 0.15) is 11.6 Å². The molecule has 1 aliphatic rings. The van der Waals surface area contributed by atoms with E-state index in [1.807, 2.05) is 12.3 Å². The molecule has 2 aromatic rings. The smallest absolute Gasteiger partial charge is 0.139 e. The van der Waals surface area contributed by atoms with Gasteiger partial charge in [-0.25, -0.2) is 9.37 Å². The molecule has 1 aromatic heterocycles. The fraction of sp³-hybridized carbons (Fsp3) is 0.500. The summed E-state index contributed by atoms with van der Waals surface area (Å²) in [7, 11) is 0. The van der Waals surface area contributed by atoms with Crippen LogP contribution in [0, 0.1) is 24.6 Å². The third-order valence-electron chi connectivity index (χ3n) is 4.82. The van der Waals surface area contributed by atoms with E-state index in [-0.39, 0.29) is 5.82 Å². The van der Waals surface area contributed by atoms with Gasteiger partial charge in [-0.3, -0.25) is 0 Å². The summed E-state index contributed by atoms with van der Waals surface area (Å²) in [6.07, 6.45) is 8.25. The van der Waals surface area contributed by atoms with Gasteiger partial charge in [0, 0.05) is 31.1 Å². The number of aryl methyl sites for hydroxylation is 1. The molecule has 0 radical (unpaired) electrons. The Hall–Kier alpha value is -1.68. The van der Waals surface area contributed by atoms with Crippen LogP contribution in [-0.2, 0) is 6.54 Å². The van der Waals surface area contributed by atoms with Crippen molar-refractivity contribution in [3.05, 3.63) is 42.0 Å². The second kappa shape index (κ2) is 6.61. The van der Waals surface area contributed by atoms with Crippen molar-refractivity contribution in [2.24, 2.45) is 11.8 Å². The summed E-state index contributed by atoms with van der Waals surface area (Å²) in [4.78, 5) is 4.41. The lowest BCUT2D eigenvalue weighted by Crippen LogP contribution is -2.21. The molecule has 1 saturated carbocycles. The van der Waals surface area contributed by atoms with Crippen molar-refractivity contribution < 1.29 is 9.50 Å². The van der Waals surface area contributed by atoms with E-state index in [4.69, 9.17) is 0 Å². The predicted molar refractivity (Wildman–Crippen MR) is 84.9 cm³/mol. The molecule has 1 aromatic carbocycles. The molecule has 0 atom stereocenters. The molecule has 22 heavy (non-hydrogen) atoms. The minimum atomic E-state index is -0.185. The van der Waals surface area contributed by atoms with Gasteiger partial charge in [-0.15, -0.1) is 0 Å². The number of hydrogen-bond acceptors (Lipinski definition) is 2. The van der Waals surface area contributed by atoms with Gasteiger partial charge in [0.15, 0.2) is 0 Å². The summed E-state index contributed by atoms with van der Waals surface area (Å²) in [6, 6.07) is 5.30. The van der Waals surface area contributed by atoms with Crippen molar-refractivity contribution in [3.8, 4) is 11.4 Å². The van der Waals surface area contributed by atoms with E-state index in [2.05, 4.69) is 9.55 Å². The third kappa shape index (κ3) is 3.22. The van der Waals surface area contributed by atoms with Gasteiger partial charge in [-0.2, -0.15) is 0 Å². The minimum absolute atomic E-state index is 0.185. The van der Waals surface area contributed by atoms with Crippen molar-refractivity contribution in [1.82, 2.24) is 9.55 Å². The van der Waals surface area contributed by atoms with Crippen molar-refractivity contribution >= 4 is 0 Å². The lowest BCUT2D eigenvalue weighted by Gasteiger charge is -2.27. The number of aliphatic hydroxyl groups excluding tert-OH is 1. The topological polar surface area (TPSA) is 38.0 Å². The number of rotatable bonds is 4. The highest BCUT2D eigenvalue weighted by Gasteiger charge is 2.21. The third-order valence-corrected chi connectivity index (χ3v) is 4.82. The first-order valence-corrected chi connectivity index (χ1v) is 8.06. The number of halogens is 1. The zero-order valence-electron chi connectivity index (χ0n) is 13.0. The number of nitrogens with zero attached hydrogens (tertiary/aromatic N) is 2. The Labute approximate surface area is 130 Å². The Morgan fingerprint density at radius 3 is 2.64 bits per heavy atom. The van der Waals surface area contributed by atoms with Crippen LogP contribution in [0.5, 0.6) is 0 Å². The maximum absolute atomic E-state index is 13.8. The highest BCUT2D eigenvalue weighted by atomic mass is 19.1. The molecule has 4 heteroatoms. The van der Waals surface area contributed by atoms with Gasteiger partial charge < -0.3 is 9.67 Å². The molecule has 0 spiro atoms. The summed E-state index contributed by atoms with van der Waals surface area (Å²) >= 11 is 0. The molecule has 0 unspecified atom stereocenters. The standard InChI is InChI=1S/C18H23FN2O/c1-13-2-7-16(10-17(13)19)18-20-8-9-21(18)11-14-3-5-15(12-22)6-4-14/h2,7-10,14-15,22H,3-6,11-12H2,1H3. The summed E-state index contributed by atoms with van der Waals surface area (Å²) in [5.74, 6) is 1.74. The number of aliphatic hydroxyl groups is 1. The van der Waals surface area contributed by atoms with Crippen LogP contribution in [0.2, 0.25) is 0 Å². The summed E-state index contributed by atoms with van der Waals surface area (Å²) in [5.41, 5.74) is 1.49. The van der Waals surface area contributed by atoms with Gasteiger partial charge in [0.05, 0.1) is 0 Å². The molecule has 0 amide bonds. The molecule has 3 nitrogen and oxygen atoms in total. The quantitative estimate of drug-likeness (QED) is 0.933. The van der Waals surface area contributed by atoms with Crippen molar-refractivity contribution in [2.45, 2.75) is 39.2 Å². The monoisotopic (exact) mass is 302 g/mol. The van der Waals surface area contributed by atoms with Crippen LogP contribution in [0.1, 0.15) is 31.2 Å². The molecule has 0 aliphatic heterocycles. The molecular formula is C18H23FN2O. The van der Waals surface area contributed by atoms with Crippen LogP contribution in [-0.4, -0.2) is 21.3 Å². The van der Waals surface area contributed by atoms with E-state index in [1.165, 1.54) is 0 Å². The number of hydrogen-bond donors (Lipinski definition) is 1. The van der Waals surface area contributed by atoms with Crippen molar-refractivity contribution in [3.63, 3.8) is 0 Å². The van der Waals surface area contributed by atoms with Gasteiger partial charge >= 0.3 is 0 Å². The Kier molecular flexibility index (Phi) is 4.57.